The Bertz CT molecular complexity index is 589. The Morgan fingerprint density at radius 3 is 2.45 bits per heavy atom. The lowest BCUT2D eigenvalue weighted by Gasteiger charge is -2.25. The maximum atomic E-state index is 12.4. The van der Waals surface area contributed by atoms with E-state index in [1.54, 1.807) is 13.8 Å². The monoisotopic (exact) mass is 340 g/mol. The minimum absolute atomic E-state index is 0.0423. The molecular formula is C12H18Cl2N2O3S. The highest BCUT2D eigenvalue weighted by molar-refractivity contribution is 7.89. The molecule has 0 aliphatic rings. The lowest BCUT2D eigenvalue weighted by atomic mass is 10.1. The summed E-state index contributed by atoms with van der Waals surface area (Å²) in [6.45, 7) is 3.70. The largest absolute Gasteiger partial charge is 0.383 e. The fourth-order valence-electron chi connectivity index (χ4n) is 1.78. The van der Waals surface area contributed by atoms with Crippen LogP contribution in [0.25, 0.3) is 0 Å². The average molecular weight is 341 g/mol. The molecule has 8 heteroatoms. The predicted octanol–water partition coefficient (Wildman–Crippen LogP) is 2.16. The van der Waals surface area contributed by atoms with Gasteiger partial charge in [-0.25, -0.2) is 13.1 Å². The summed E-state index contributed by atoms with van der Waals surface area (Å²) in [5.74, 6) is 0. The first-order chi connectivity index (χ1) is 9.14. The highest BCUT2D eigenvalue weighted by Gasteiger charge is 2.28. The number of nitrogens with one attached hydrogen (secondary N) is 1. The van der Waals surface area contributed by atoms with Crippen LogP contribution in [0.4, 0.5) is 0 Å². The van der Waals surface area contributed by atoms with Gasteiger partial charge in [-0.3, -0.25) is 0 Å². The van der Waals surface area contributed by atoms with E-state index in [4.69, 9.17) is 33.7 Å². The van der Waals surface area contributed by atoms with E-state index in [0.717, 1.165) is 0 Å². The summed E-state index contributed by atoms with van der Waals surface area (Å²) in [7, 11) is -2.30. The van der Waals surface area contributed by atoms with Crippen molar-refractivity contribution in [2.24, 2.45) is 5.73 Å². The summed E-state index contributed by atoms with van der Waals surface area (Å²) in [6.07, 6.45) is 0. The van der Waals surface area contributed by atoms with Crippen molar-refractivity contribution in [3.8, 4) is 0 Å². The highest BCUT2D eigenvalue weighted by Crippen LogP contribution is 2.31. The number of ether oxygens (including phenoxy) is 1. The first kappa shape index (κ1) is 17.7. The second kappa shape index (κ2) is 6.60. The van der Waals surface area contributed by atoms with Crippen LogP contribution in [-0.2, 0) is 21.3 Å². The van der Waals surface area contributed by atoms with E-state index >= 15 is 0 Å². The molecule has 0 aliphatic carbocycles. The predicted molar refractivity (Wildman–Crippen MR) is 80.6 cm³/mol. The number of hydrogen-bond donors (Lipinski definition) is 2. The number of hydrogen-bond acceptors (Lipinski definition) is 4. The molecular weight excluding hydrogens is 323 g/mol. The van der Waals surface area contributed by atoms with Crippen molar-refractivity contribution < 1.29 is 13.2 Å². The first-order valence-corrected chi connectivity index (χ1v) is 8.08. The van der Waals surface area contributed by atoms with Gasteiger partial charge < -0.3 is 10.5 Å². The molecule has 0 spiro atoms. The molecule has 0 atom stereocenters. The molecule has 0 saturated carbocycles. The van der Waals surface area contributed by atoms with Crippen LogP contribution in [0.2, 0.25) is 10.0 Å². The number of rotatable bonds is 6. The van der Waals surface area contributed by atoms with Crippen molar-refractivity contribution in [3.05, 3.63) is 27.7 Å². The average Bonchev–Trinajstić information content (AvgIpc) is 2.27. The van der Waals surface area contributed by atoms with E-state index < -0.39 is 15.6 Å². The van der Waals surface area contributed by atoms with E-state index in [1.807, 2.05) is 0 Å². The Balaban J connectivity index is 3.24. The van der Waals surface area contributed by atoms with Gasteiger partial charge >= 0.3 is 0 Å². The fourth-order valence-corrected chi connectivity index (χ4v) is 4.11. The van der Waals surface area contributed by atoms with Crippen LogP contribution in [0.1, 0.15) is 19.4 Å². The Labute approximate surface area is 129 Å². The molecule has 20 heavy (non-hydrogen) atoms. The van der Waals surface area contributed by atoms with Crippen molar-refractivity contribution in [3.63, 3.8) is 0 Å². The lowest BCUT2D eigenvalue weighted by molar-refractivity contribution is 0.141. The zero-order chi connectivity index (χ0) is 15.6. The minimum Gasteiger partial charge on any atom is -0.383 e. The summed E-state index contributed by atoms with van der Waals surface area (Å²) in [5, 5.41) is 0.383. The van der Waals surface area contributed by atoms with Gasteiger partial charge in [-0.1, -0.05) is 23.2 Å². The van der Waals surface area contributed by atoms with Crippen molar-refractivity contribution >= 4 is 33.2 Å². The van der Waals surface area contributed by atoms with Crippen molar-refractivity contribution in [1.29, 1.82) is 0 Å². The van der Waals surface area contributed by atoms with E-state index in [2.05, 4.69) is 4.72 Å². The van der Waals surface area contributed by atoms with Gasteiger partial charge in [-0.05, 0) is 26.0 Å². The fraction of sp³-hybridized carbons (Fsp3) is 0.500. The van der Waals surface area contributed by atoms with Crippen LogP contribution in [0.3, 0.4) is 0 Å². The Hall–Kier alpha value is -0.370. The first-order valence-electron chi connectivity index (χ1n) is 5.84. The Morgan fingerprint density at radius 2 is 1.95 bits per heavy atom. The molecule has 0 heterocycles. The van der Waals surface area contributed by atoms with Gasteiger partial charge in [0.25, 0.3) is 0 Å². The summed E-state index contributed by atoms with van der Waals surface area (Å²) in [4.78, 5) is -0.0480. The van der Waals surface area contributed by atoms with Crippen molar-refractivity contribution in [2.45, 2.75) is 30.8 Å². The molecule has 0 amide bonds. The van der Waals surface area contributed by atoms with Crippen LogP contribution in [0, 0.1) is 0 Å². The van der Waals surface area contributed by atoms with E-state index in [9.17, 15) is 8.42 Å². The maximum Gasteiger partial charge on any atom is 0.242 e. The smallest absolute Gasteiger partial charge is 0.242 e. The molecule has 1 rings (SSSR count). The van der Waals surface area contributed by atoms with E-state index in [-0.39, 0.29) is 23.1 Å². The molecule has 0 fully saturated rings. The molecule has 0 aliphatic heterocycles. The number of sulfonamides is 1. The quantitative estimate of drug-likeness (QED) is 0.831. The molecule has 1 aromatic carbocycles. The van der Waals surface area contributed by atoms with Crippen LogP contribution in [-0.4, -0.2) is 27.7 Å². The third-order valence-corrected chi connectivity index (χ3v) is 5.20. The standard InChI is InChI=1S/C12H18Cl2N2O3S/c1-12(2,7-19-3)16-20(17,18)10-5-4-9(13)8(6-15)11(10)14/h4-5,16H,6-7,15H2,1-3H3. The molecule has 0 aromatic heterocycles. The van der Waals surface area contributed by atoms with Gasteiger partial charge in [0, 0.05) is 24.2 Å². The SMILES string of the molecule is COCC(C)(C)NS(=O)(=O)c1ccc(Cl)c(CN)c1Cl. The highest BCUT2D eigenvalue weighted by atomic mass is 35.5. The molecule has 0 radical (unpaired) electrons. The van der Waals surface area contributed by atoms with E-state index in [0.29, 0.717) is 10.6 Å². The Morgan fingerprint density at radius 1 is 1.35 bits per heavy atom. The summed E-state index contributed by atoms with van der Waals surface area (Å²) >= 11 is 12.0. The molecule has 5 nitrogen and oxygen atoms in total. The minimum atomic E-state index is -3.80. The number of benzene rings is 1. The van der Waals surface area contributed by atoms with Gasteiger partial charge in [-0.2, -0.15) is 0 Å². The maximum absolute atomic E-state index is 12.4. The summed E-state index contributed by atoms with van der Waals surface area (Å²) < 4.78 is 32.3. The van der Waals surface area contributed by atoms with Gasteiger partial charge in [0.15, 0.2) is 0 Å². The Kier molecular flexibility index (Phi) is 5.83. The molecule has 114 valence electrons. The van der Waals surface area contributed by atoms with E-state index in [1.165, 1.54) is 19.2 Å². The molecule has 0 unspecified atom stereocenters. The summed E-state index contributed by atoms with van der Waals surface area (Å²) in [6, 6.07) is 2.82. The summed E-state index contributed by atoms with van der Waals surface area (Å²) in [5.41, 5.74) is 5.17. The third kappa shape index (κ3) is 4.07. The topological polar surface area (TPSA) is 81.4 Å². The third-order valence-electron chi connectivity index (χ3n) is 2.56. The van der Waals surface area contributed by atoms with Crippen LogP contribution in [0.15, 0.2) is 17.0 Å². The van der Waals surface area contributed by atoms with Crippen LogP contribution in [0.5, 0.6) is 0 Å². The molecule has 0 saturated heterocycles. The number of methoxy groups -OCH3 is 1. The molecule has 0 bridgehead atoms. The number of halogens is 2. The van der Waals surface area contributed by atoms with Gasteiger partial charge in [-0.15, -0.1) is 0 Å². The zero-order valence-corrected chi connectivity index (χ0v) is 13.9. The van der Waals surface area contributed by atoms with Crippen molar-refractivity contribution in [2.75, 3.05) is 13.7 Å². The van der Waals surface area contributed by atoms with Crippen LogP contribution < -0.4 is 10.5 Å². The van der Waals surface area contributed by atoms with Gasteiger partial charge in [0.2, 0.25) is 10.0 Å². The number of nitrogens with two attached hydrogens (primary N) is 1. The second-order valence-electron chi connectivity index (χ2n) is 4.96. The van der Waals surface area contributed by atoms with Crippen LogP contribution >= 0.6 is 23.2 Å². The van der Waals surface area contributed by atoms with Crippen molar-refractivity contribution in [1.82, 2.24) is 4.72 Å². The normalized spacial score (nSPS) is 12.7. The molecule has 3 N–H and O–H groups in total. The lowest BCUT2D eigenvalue weighted by Crippen LogP contribution is -2.46. The zero-order valence-electron chi connectivity index (χ0n) is 11.5. The molecule has 1 aromatic rings. The van der Waals surface area contributed by atoms with Gasteiger partial charge in [0.05, 0.1) is 17.2 Å². The second-order valence-corrected chi connectivity index (χ2v) is 7.40. The van der Waals surface area contributed by atoms with Gasteiger partial charge in [0.1, 0.15) is 4.90 Å².